The number of carbonyl (C=O) groups excluding carboxylic acids is 2. The van der Waals surface area contributed by atoms with Crippen molar-refractivity contribution in [1.29, 1.82) is 0 Å². The van der Waals surface area contributed by atoms with E-state index in [-0.39, 0.29) is 17.4 Å². The minimum Gasteiger partial charge on any atom is -0.507 e. The molecule has 0 bridgehead atoms. The lowest BCUT2D eigenvalue weighted by Gasteiger charge is -2.26. The first-order chi connectivity index (χ1) is 18.1. The Hall–Kier alpha value is -4.26. The minimum atomic E-state index is -0.810. The monoisotopic (exact) mass is 514 g/mol. The van der Waals surface area contributed by atoms with Gasteiger partial charge in [-0.15, -0.1) is 0 Å². The molecule has 4 rings (SSSR count). The predicted molar refractivity (Wildman–Crippen MR) is 150 cm³/mol. The molecule has 0 aromatic heterocycles. The van der Waals surface area contributed by atoms with Crippen molar-refractivity contribution in [2.75, 3.05) is 30.5 Å². The van der Waals surface area contributed by atoms with Gasteiger partial charge in [0.1, 0.15) is 17.3 Å². The second-order valence-corrected chi connectivity index (χ2v) is 9.73. The van der Waals surface area contributed by atoms with E-state index in [9.17, 15) is 14.7 Å². The van der Waals surface area contributed by atoms with Gasteiger partial charge in [-0.1, -0.05) is 12.1 Å². The van der Waals surface area contributed by atoms with Crippen molar-refractivity contribution in [3.63, 3.8) is 0 Å². The molecule has 1 N–H and O–H groups in total. The molecular weight excluding hydrogens is 480 g/mol. The van der Waals surface area contributed by atoms with Crippen LogP contribution in [-0.4, -0.2) is 43.6 Å². The number of hydrogen-bond donors (Lipinski definition) is 1. The van der Waals surface area contributed by atoms with Crippen molar-refractivity contribution < 1.29 is 24.2 Å². The molecule has 38 heavy (non-hydrogen) atoms. The van der Waals surface area contributed by atoms with Crippen molar-refractivity contribution in [3.05, 3.63) is 89.0 Å². The first-order valence-corrected chi connectivity index (χ1v) is 12.7. The number of nitrogens with zero attached hydrogens (tertiary/aromatic N) is 2. The van der Waals surface area contributed by atoms with Gasteiger partial charge in [0, 0.05) is 31.0 Å². The lowest BCUT2D eigenvalue weighted by atomic mass is 9.94. The molecule has 1 aliphatic rings. The molecule has 3 aromatic rings. The quantitative estimate of drug-likeness (QED) is 0.230. The van der Waals surface area contributed by atoms with E-state index in [1.165, 1.54) is 4.90 Å². The normalized spacial score (nSPS) is 16.7. The van der Waals surface area contributed by atoms with Crippen LogP contribution in [0.15, 0.2) is 72.3 Å². The van der Waals surface area contributed by atoms with Crippen LogP contribution in [0.25, 0.3) is 5.76 Å². The zero-order chi connectivity index (χ0) is 27.6. The largest absolute Gasteiger partial charge is 0.507 e. The van der Waals surface area contributed by atoms with E-state index in [4.69, 9.17) is 9.47 Å². The molecule has 0 saturated carbocycles. The molecule has 7 heteroatoms. The zero-order valence-corrected chi connectivity index (χ0v) is 22.7. The van der Waals surface area contributed by atoms with Gasteiger partial charge in [0.15, 0.2) is 0 Å². The van der Waals surface area contributed by atoms with Crippen LogP contribution in [0.2, 0.25) is 0 Å². The fraction of sp³-hybridized carbons (Fsp3) is 0.290. The van der Waals surface area contributed by atoms with Crippen molar-refractivity contribution in [2.45, 2.75) is 39.8 Å². The number of aryl methyl sites for hydroxylation is 1. The van der Waals surface area contributed by atoms with Gasteiger partial charge in [-0.2, -0.15) is 0 Å². The van der Waals surface area contributed by atoms with E-state index in [2.05, 4.69) is 0 Å². The number of benzene rings is 3. The molecule has 0 aliphatic carbocycles. The third-order valence-electron chi connectivity index (χ3n) is 6.40. The standard InChI is InChI=1S/C31H34N2O5/c1-7-37-26-17-10-22(18-20(26)4)29(34)27-28(21-8-11-23(12-9-21)32(5)6)33(31(36)30(27)35)24-13-15-25(16-14-24)38-19(2)3/h8-19,28,34H,7H2,1-6H3/b29-27-. The lowest BCUT2D eigenvalue weighted by Crippen LogP contribution is -2.29. The smallest absolute Gasteiger partial charge is 0.300 e. The zero-order valence-electron chi connectivity index (χ0n) is 22.7. The Balaban J connectivity index is 1.86. The van der Waals surface area contributed by atoms with Gasteiger partial charge in [-0.05, 0) is 93.4 Å². The van der Waals surface area contributed by atoms with E-state index >= 15 is 0 Å². The van der Waals surface area contributed by atoms with E-state index in [0.717, 1.165) is 11.3 Å². The Morgan fingerprint density at radius 3 is 2.21 bits per heavy atom. The predicted octanol–water partition coefficient (Wildman–Crippen LogP) is 5.87. The number of hydrogen-bond acceptors (Lipinski definition) is 6. The molecule has 1 aliphatic heterocycles. The summed E-state index contributed by atoms with van der Waals surface area (Å²) in [5.74, 6) is -0.300. The van der Waals surface area contributed by atoms with Crippen molar-refractivity contribution in [2.24, 2.45) is 0 Å². The Bertz CT molecular complexity index is 1360. The van der Waals surface area contributed by atoms with E-state index in [1.807, 2.05) is 71.0 Å². The average Bonchev–Trinajstić information content (AvgIpc) is 3.15. The summed E-state index contributed by atoms with van der Waals surface area (Å²) in [6.07, 6.45) is 0.00265. The summed E-state index contributed by atoms with van der Waals surface area (Å²) >= 11 is 0. The number of rotatable bonds is 8. The van der Waals surface area contributed by atoms with Crippen LogP contribution < -0.4 is 19.3 Å². The summed E-state index contributed by atoms with van der Waals surface area (Å²) in [7, 11) is 3.88. The third kappa shape index (κ3) is 5.23. The maximum atomic E-state index is 13.5. The average molecular weight is 515 g/mol. The molecule has 7 nitrogen and oxygen atoms in total. The van der Waals surface area contributed by atoms with Gasteiger partial charge in [-0.3, -0.25) is 14.5 Å². The summed E-state index contributed by atoms with van der Waals surface area (Å²) in [4.78, 5) is 30.3. The maximum absolute atomic E-state index is 13.5. The van der Waals surface area contributed by atoms with Crippen LogP contribution in [0, 0.1) is 6.92 Å². The fourth-order valence-corrected chi connectivity index (χ4v) is 4.60. The number of ether oxygens (including phenoxy) is 2. The van der Waals surface area contributed by atoms with E-state index in [0.29, 0.717) is 34.9 Å². The summed E-state index contributed by atoms with van der Waals surface area (Å²) in [5, 5.41) is 11.4. The summed E-state index contributed by atoms with van der Waals surface area (Å²) < 4.78 is 11.4. The lowest BCUT2D eigenvalue weighted by molar-refractivity contribution is -0.132. The topological polar surface area (TPSA) is 79.3 Å². The molecule has 198 valence electrons. The number of aliphatic hydroxyl groups is 1. The van der Waals surface area contributed by atoms with Gasteiger partial charge in [-0.25, -0.2) is 0 Å². The van der Waals surface area contributed by atoms with Gasteiger partial charge in [0.05, 0.1) is 24.3 Å². The Morgan fingerprint density at radius 2 is 1.66 bits per heavy atom. The molecular formula is C31H34N2O5. The number of ketones is 1. The molecule has 3 aromatic carbocycles. The first-order valence-electron chi connectivity index (χ1n) is 12.7. The summed E-state index contributed by atoms with van der Waals surface area (Å²) in [6, 6.07) is 19.1. The van der Waals surface area contributed by atoms with Gasteiger partial charge in [0.2, 0.25) is 0 Å². The number of Topliss-reactive ketones (excluding diaryl/α,β-unsaturated/α-hetero) is 1. The van der Waals surface area contributed by atoms with Crippen molar-refractivity contribution in [1.82, 2.24) is 0 Å². The molecule has 1 unspecified atom stereocenters. The number of carbonyl (C=O) groups is 2. The number of amides is 1. The second kappa shape index (κ2) is 11.0. The van der Waals surface area contributed by atoms with Crippen LogP contribution in [0.5, 0.6) is 11.5 Å². The fourth-order valence-electron chi connectivity index (χ4n) is 4.60. The Labute approximate surface area is 223 Å². The summed E-state index contributed by atoms with van der Waals surface area (Å²) in [6.45, 7) is 8.16. The van der Waals surface area contributed by atoms with Crippen LogP contribution in [0.1, 0.15) is 43.5 Å². The molecule has 1 saturated heterocycles. The Kier molecular flexibility index (Phi) is 7.76. The van der Waals surface area contributed by atoms with Crippen LogP contribution in [0.4, 0.5) is 11.4 Å². The molecule has 1 fully saturated rings. The molecule has 0 spiro atoms. The molecule has 1 heterocycles. The number of aliphatic hydroxyl groups excluding tert-OH is 1. The number of anilines is 2. The molecule has 0 radical (unpaired) electrons. The first kappa shape index (κ1) is 26.8. The highest BCUT2D eigenvalue weighted by Crippen LogP contribution is 2.43. The molecule has 1 amide bonds. The second-order valence-electron chi connectivity index (χ2n) is 9.73. The van der Waals surface area contributed by atoms with E-state index in [1.54, 1.807) is 42.5 Å². The highest BCUT2D eigenvalue weighted by Gasteiger charge is 2.47. The van der Waals surface area contributed by atoms with Gasteiger partial charge in [0.25, 0.3) is 11.7 Å². The van der Waals surface area contributed by atoms with Crippen LogP contribution >= 0.6 is 0 Å². The van der Waals surface area contributed by atoms with E-state index < -0.39 is 17.7 Å². The third-order valence-corrected chi connectivity index (χ3v) is 6.40. The van der Waals surface area contributed by atoms with Crippen molar-refractivity contribution in [3.8, 4) is 11.5 Å². The summed E-state index contributed by atoms with van der Waals surface area (Å²) in [5.41, 5.74) is 3.52. The highest BCUT2D eigenvalue weighted by atomic mass is 16.5. The van der Waals surface area contributed by atoms with Gasteiger partial charge >= 0.3 is 0 Å². The maximum Gasteiger partial charge on any atom is 0.300 e. The minimum absolute atomic E-state index is 0.00265. The van der Waals surface area contributed by atoms with Crippen LogP contribution in [0.3, 0.4) is 0 Å². The van der Waals surface area contributed by atoms with Gasteiger partial charge < -0.3 is 19.5 Å². The Morgan fingerprint density at radius 1 is 1.00 bits per heavy atom. The van der Waals surface area contributed by atoms with Crippen molar-refractivity contribution >= 4 is 28.8 Å². The highest BCUT2D eigenvalue weighted by molar-refractivity contribution is 6.51. The molecule has 1 atom stereocenters. The van der Waals surface area contributed by atoms with Crippen LogP contribution in [-0.2, 0) is 9.59 Å². The SMILES string of the molecule is CCOc1ccc(/C(O)=C2/C(=O)C(=O)N(c3ccc(OC(C)C)cc3)C2c2ccc(N(C)C)cc2)cc1C.